The van der Waals surface area contributed by atoms with Crippen molar-refractivity contribution in [2.45, 2.75) is 25.7 Å². The van der Waals surface area contributed by atoms with Gasteiger partial charge in [-0.3, -0.25) is 4.79 Å². The van der Waals surface area contributed by atoms with Gasteiger partial charge in [0, 0.05) is 24.2 Å². The molecule has 5 heteroatoms. The third kappa shape index (κ3) is 5.42. The molecule has 0 saturated carbocycles. The number of anilines is 1. The third-order valence-electron chi connectivity index (χ3n) is 5.25. The number of hydrogen-bond acceptors (Lipinski definition) is 3. The van der Waals surface area contributed by atoms with Crippen LogP contribution in [0.5, 0.6) is 0 Å². The number of amides is 1. The normalized spacial score (nSPS) is 15.1. The van der Waals surface area contributed by atoms with Crippen LogP contribution in [-0.4, -0.2) is 34.8 Å². The summed E-state index contributed by atoms with van der Waals surface area (Å²) in [5, 5.41) is 6.21. The molecule has 0 bridgehead atoms. The van der Waals surface area contributed by atoms with Crippen molar-refractivity contribution in [2.24, 2.45) is 4.99 Å². The lowest BCUT2D eigenvalue weighted by molar-refractivity contribution is -0.113. The van der Waals surface area contributed by atoms with E-state index in [-0.39, 0.29) is 5.91 Å². The fourth-order valence-electron chi connectivity index (χ4n) is 3.72. The molecular weight excluding hydrogens is 390 g/mol. The number of para-hydroxylation sites is 1. The molecule has 1 heterocycles. The van der Waals surface area contributed by atoms with Crippen molar-refractivity contribution in [2.75, 3.05) is 24.2 Å². The molecule has 0 spiro atoms. The molecule has 4 nitrogen and oxygen atoms in total. The fraction of sp³-hybridized carbons (Fsp3) is 0.280. The lowest BCUT2D eigenvalue weighted by Crippen LogP contribution is -2.31. The highest BCUT2D eigenvalue weighted by Crippen LogP contribution is 2.24. The first-order valence-electron chi connectivity index (χ1n) is 10.6. The number of hydrogen-bond donors (Lipinski definition) is 1. The van der Waals surface area contributed by atoms with Crippen molar-refractivity contribution in [3.63, 3.8) is 0 Å². The molecule has 30 heavy (non-hydrogen) atoms. The zero-order chi connectivity index (χ0) is 20.6. The third-order valence-corrected chi connectivity index (χ3v) is 6.27. The van der Waals surface area contributed by atoms with Crippen LogP contribution in [0.15, 0.2) is 77.8 Å². The second-order valence-corrected chi connectivity index (χ2v) is 8.44. The summed E-state index contributed by atoms with van der Waals surface area (Å²) >= 11 is 1.53. The Kier molecular flexibility index (Phi) is 7.03. The van der Waals surface area contributed by atoms with Crippen molar-refractivity contribution < 1.29 is 4.79 Å². The van der Waals surface area contributed by atoms with Gasteiger partial charge in [0.05, 0.1) is 11.4 Å². The molecule has 0 aromatic heterocycles. The predicted molar refractivity (Wildman–Crippen MR) is 129 cm³/mol. The number of likely N-dealkylation sites (tertiary alicyclic amines) is 1. The van der Waals surface area contributed by atoms with E-state index in [4.69, 9.17) is 4.99 Å². The van der Waals surface area contributed by atoms with Crippen LogP contribution in [0.4, 0.5) is 11.4 Å². The van der Waals surface area contributed by atoms with E-state index < -0.39 is 0 Å². The minimum Gasteiger partial charge on any atom is -0.351 e. The summed E-state index contributed by atoms with van der Waals surface area (Å²) < 4.78 is 0. The monoisotopic (exact) mass is 417 g/mol. The van der Waals surface area contributed by atoms with Crippen LogP contribution in [0, 0.1) is 0 Å². The smallest absolute Gasteiger partial charge is 0.234 e. The van der Waals surface area contributed by atoms with Gasteiger partial charge in [0.25, 0.3) is 0 Å². The Labute approximate surface area is 182 Å². The largest absolute Gasteiger partial charge is 0.351 e. The highest BCUT2D eigenvalue weighted by molar-refractivity contribution is 8.14. The summed E-state index contributed by atoms with van der Waals surface area (Å²) in [4.78, 5) is 20.0. The second-order valence-electron chi connectivity index (χ2n) is 7.49. The highest BCUT2D eigenvalue weighted by atomic mass is 32.2. The van der Waals surface area contributed by atoms with Crippen molar-refractivity contribution in [1.29, 1.82) is 0 Å². The average molecular weight is 418 g/mol. The fourth-order valence-corrected chi connectivity index (χ4v) is 4.59. The first-order chi connectivity index (χ1) is 14.8. The molecule has 0 radical (unpaired) electrons. The van der Waals surface area contributed by atoms with E-state index in [2.05, 4.69) is 22.3 Å². The van der Waals surface area contributed by atoms with Crippen molar-refractivity contribution in [3.8, 4) is 0 Å². The highest BCUT2D eigenvalue weighted by Gasteiger charge is 2.16. The van der Waals surface area contributed by atoms with Crippen molar-refractivity contribution >= 4 is 45.0 Å². The van der Waals surface area contributed by atoms with Crippen LogP contribution in [0.2, 0.25) is 0 Å². The molecular formula is C25H27N3OS. The summed E-state index contributed by atoms with van der Waals surface area (Å²) in [6.07, 6.45) is 4.88. The van der Waals surface area contributed by atoms with E-state index in [1.165, 1.54) is 37.4 Å². The maximum absolute atomic E-state index is 12.8. The Morgan fingerprint density at radius 2 is 1.57 bits per heavy atom. The van der Waals surface area contributed by atoms with Crippen molar-refractivity contribution in [3.05, 3.63) is 72.8 Å². The number of benzene rings is 3. The molecule has 0 atom stereocenters. The molecule has 1 fully saturated rings. The van der Waals surface area contributed by atoms with Crippen LogP contribution in [0.1, 0.15) is 25.7 Å². The lowest BCUT2D eigenvalue weighted by atomic mass is 10.1. The van der Waals surface area contributed by atoms with Gasteiger partial charge in [-0.1, -0.05) is 79.2 Å². The maximum atomic E-state index is 12.8. The van der Waals surface area contributed by atoms with Gasteiger partial charge in [-0.2, -0.15) is 0 Å². The summed E-state index contributed by atoms with van der Waals surface area (Å²) in [5.41, 5.74) is 1.79. The predicted octanol–water partition coefficient (Wildman–Crippen LogP) is 6.08. The molecule has 0 unspecified atom stereocenters. The number of nitrogens with one attached hydrogen (secondary N) is 1. The summed E-state index contributed by atoms with van der Waals surface area (Å²) in [7, 11) is 0. The number of carbonyl (C=O) groups excluding carboxylic acids is 1. The van der Waals surface area contributed by atoms with Crippen LogP contribution in [0.3, 0.4) is 0 Å². The van der Waals surface area contributed by atoms with Gasteiger partial charge in [-0.15, -0.1) is 0 Å². The van der Waals surface area contributed by atoms with Crippen LogP contribution < -0.4 is 5.32 Å². The van der Waals surface area contributed by atoms with Crippen LogP contribution >= 0.6 is 11.8 Å². The van der Waals surface area contributed by atoms with Gasteiger partial charge in [-0.05, 0) is 36.4 Å². The summed E-state index contributed by atoms with van der Waals surface area (Å²) in [6, 6.07) is 24.1. The number of carbonyl (C=O) groups is 1. The molecule has 1 amide bonds. The molecule has 1 saturated heterocycles. The van der Waals surface area contributed by atoms with E-state index in [0.717, 1.165) is 40.4 Å². The maximum Gasteiger partial charge on any atom is 0.234 e. The Morgan fingerprint density at radius 3 is 2.37 bits per heavy atom. The van der Waals surface area contributed by atoms with Crippen LogP contribution in [-0.2, 0) is 4.79 Å². The number of nitrogens with zero attached hydrogens (tertiary/aromatic N) is 2. The second kappa shape index (κ2) is 10.3. The molecule has 1 aliphatic heterocycles. The Balaban J connectivity index is 1.47. The first-order valence-corrected chi connectivity index (χ1v) is 11.6. The first kappa shape index (κ1) is 20.5. The molecule has 1 N–H and O–H groups in total. The number of rotatable bonds is 4. The SMILES string of the molecule is O=C(CSC(=Nc1ccccc1)N1CCCCCC1)Nc1cccc2ccccc12. The van der Waals surface area contributed by atoms with Gasteiger partial charge in [-0.25, -0.2) is 4.99 Å². The number of amidine groups is 1. The summed E-state index contributed by atoms with van der Waals surface area (Å²) in [5.74, 6) is 0.331. The van der Waals surface area contributed by atoms with E-state index >= 15 is 0 Å². The molecule has 154 valence electrons. The van der Waals surface area contributed by atoms with Crippen LogP contribution in [0.25, 0.3) is 10.8 Å². The van der Waals surface area contributed by atoms with E-state index in [1.54, 1.807) is 0 Å². The molecule has 0 aliphatic carbocycles. The Bertz CT molecular complexity index is 1010. The lowest BCUT2D eigenvalue weighted by Gasteiger charge is -2.23. The molecule has 1 aliphatic rings. The molecule has 3 aromatic rings. The molecule has 3 aromatic carbocycles. The quantitative estimate of drug-likeness (QED) is 0.414. The number of thioether (sulfide) groups is 1. The van der Waals surface area contributed by atoms with Gasteiger partial charge in [0.2, 0.25) is 5.91 Å². The van der Waals surface area contributed by atoms with E-state index in [0.29, 0.717) is 5.75 Å². The van der Waals surface area contributed by atoms with E-state index in [1.807, 2.05) is 60.7 Å². The standard InChI is InChI=1S/C25H27N3OS/c29-24(27-23-16-10-12-20-11-6-7-15-22(20)23)19-30-25(26-21-13-4-3-5-14-21)28-17-8-1-2-9-18-28/h3-7,10-16H,1-2,8-9,17-19H2,(H,27,29). The minimum absolute atomic E-state index is 0.00747. The minimum atomic E-state index is -0.00747. The Morgan fingerprint density at radius 1 is 0.867 bits per heavy atom. The van der Waals surface area contributed by atoms with Gasteiger partial charge in [0.1, 0.15) is 0 Å². The average Bonchev–Trinajstić information content (AvgIpc) is 3.07. The number of aliphatic imine (C=N–C) groups is 1. The van der Waals surface area contributed by atoms with Crippen molar-refractivity contribution in [1.82, 2.24) is 4.90 Å². The summed E-state index contributed by atoms with van der Waals surface area (Å²) in [6.45, 7) is 2.01. The zero-order valence-electron chi connectivity index (χ0n) is 17.1. The van der Waals surface area contributed by atoms with Gasteiger partial charge in [0.15, 0.2) is 5.17 Å². The molecule has 4 rings (SSSR count). The topological polar surface area (TPSA) is 44.7 Å². The number of fused-ring (bicyclic) bond motifs is 1. The Hall–Kier alpha value is -2.79. The van der Waals surface area contributed by atoms with E-state index in [9.17, 15) is 4.79 Å². The van der Waals surface area contributed by atoms with Gasteiger partial charge < -0.3 is 10.2 Å². The van der Waals surface area contributed by atoms with Gasteiger partial charge >= 0.3 is 0 Å². The zero-order valence-corrected chi connectivity index (χ0v) is 17.9.